The van der Waals surface area contributed by atoms with Gasteiger partial charge in [-0.1, -0.05) is 12.2 Å². The van der Waals surface area contributed by atoms with E-state index in [0.717, 1.165) is 6.26 Å². The van der Waals surface area contributed by atoms with E-state index in [0.29, 0.717) is 0 Å². The van der Waals surface area contributed by atoms with Crippen molar-refractivity contribution in [3.8, 4) is 0 Å². The predicted octanol–water partition coefficient (Wildman–Crippen LogP) is -3.35. The lowest BCUT2D eigenvalue weighted by Gasteiger charge is -2.44. The molecule has 0 aromatic carbocycles. The molecule has 2 aliphatic heterocycles. The molecule has 1 aliphatic carbocycles. The second-order valence-corrected chi connectivity index (χ2v) is 6.78. The van der Waals surface area contributed by atoms with E-state index in [-0.39, 0.29) is 5.57 Å². The smallest absolute Gasteiger partial charge is 0.335 e. The van der Waals surface area contributed by atoms with Crippen LogP contribution in [0.5, 0.6) is 0 Å². The maximum atomic E-state index is 11.4. The molecule has 2 heterocycles. The lowest BCUT2D eigenvalue weighted by Crippen LogP contribution is -2.61. The molecule has 0 aromatic heterocycles. The fourth-order valence-corrected chi connectivity index (χ4v) is 3.60. The van der Waals surface area contributed by atoms with E-state index in [9.17, 15) is 40.5 Å². The van der Waals surface area contributed by atoms with Crippen molar-refractivity contribution in [1.82, 2.24) is 0 Å². The Morgan fingerprint density at radius 3 is 2.44 bits per heavy atom. The van der Waals surface area contributed by atoms with Gasteiger partial charge in [-0.3, -0.25) is 0 Å². The van der Waals surface area contributed by atoms with Crippen LogP contribution < -0.4 is 0 Å². The normalized spacial score (nSPS) is 46.5. The number of rotatable bonds is 5. The van der Waals surface area contributed by atoms with Crippen molar-refractivity contribution in [1.29, 1.82) is 0 Å². The summed E-state index contributed by atoms with van der Waals surface area (Å²) in [6, 6.07) is 0. The molecule has 9 atom stereocenters. The Morgan fingerprint density at radius 2 is 1.85 bits per heavy atom. The first-order chi connectivity index (χ1) is 12.7. The summed E-state index contributed by atoms with van der Waals surface area (Å²) in [5.74, 6) is -3.20. The van der Waals surface area contributed by atoms with Crippen LogP contribution in [0.4, 0.5) is 0 Å². The van der Waals surface area contributed by atoms with Crippen LogP contribution in [0.2, 0.25) is 0 Å². The molecule has 0 unspecified atom stereocenters. The first kappa shape index (κ1) is 20.2. The summed E-state index contributed by atoms with van der Waals surface area (Å²) in [7, 11) is 0. The van der Waals surface area contributed by atoms with Gasteiger partial charge < -0.3 is 50.0 Å². The third kappa shape index (κ3) is 3.37. The summed E-state index contributed by atoms with van der Waals surface area (Å²) in [5, 5.41) is 68.4. The van der Waals surface area contributed by atoms with Crippen LogP contribution in [-0.2, 0) is 19.0 Å². The Morgan fingerprint density at radius 1 is 1.15 bits per heavy atom. The summed E-state index contributed by atoms with van der Waals surface area (Å²) in [6.07, 6.45) is -5.48. The highest BCUT2D eigenvalue weighted by atomic mass is 16.8. The summed E-state index contributed by atoms with van der Waals surface area (Å²) in [4.78, 5) is 11.4. The zero-order chi connectivity index (χ0) is 19.9. The van der Waals surface area contributed by atoms with Gasteiger partial charge in [0.1, 0.15) is 30.0 Å². The molecule has 0 saturated carbocycles. The summed E-state index contributed by atoms with van der Waals surface area (Å²) in [5.41, 5.74) is -2.01. The third-order valence-corrected chi connectivity index (χ3v) is 5.15. The molecule has 0 radical (unpaired) electrons. The molecule has 3 aliphatic rings. The van der Waals surface area contributed by atoms with Crippen LogP contribution in [-0.4, -0.2) is 97.5 Å². The van der Waals surface area contributed by atoms with Crippen LogP contribution in [0.25, 0.3) is 0 Å². The number of carbonyl (C=O) groups is 1. The fraction of sp³-hybridized carbons (Fsp3) is 0.688. The highest BCUT2D eigenvalue weighted by Crippen LogP contribution is 2.45. The minimum Gasteiger partial charge on any atom is -0.478 e. The Hall–Kier alpha value is -1.57. The molecule has 11 nitrogen and oxygen atoms in total. The Labute approximate surface area is 153 Å². The zero-order valence-corrected chi connectivity index (χ0v) is 14.0. The molecule has 0 spiro atoms. The number of hydrogen-bond donors (Lipinski definition) is 7. The number of aliphatic hydroxyl groups is 6. The maximum Gasteiger partial charge on any atom is 0.335 e. The van der Waals surface area contributed by atoms with Gasteiger partial charge in [-0.05, 0) is 0 Å². The SMILES string of the molecule is O=C(O)C1=CO[C@@H](O[C@H]2O[C@H](CO)[C@@H](O)[C@@H](O)[C@H]2O)[C@H]2[C@@H]1C=C[C@]2(O)CO. The van der Waals surface area contributed by atoms with Gasteiger partial charge in [0, 0.05) is 5.92 Å². The molecule has 0 aromatic rings. The topological polar surface area (TPSA) is 186 Å². The molecule has 27 heavy (non-hydrogen) atoms. The third-order valence-electron chi connectivity index (χ3n) is 5.15. The van der Waals surface area contributed by atoms with Crippen LogP contribution in [0.1, 0.15) is 0 Å². The zero-order valence-electron chi connectivity index (χ0n) is 14.0. The second kappa shape index (κ2) is 7.45. The molecule has 0 amide bonds. The Bertz CT molecular complexity index is 632. The molecule has 1 saturated heterocycles. The van der Waals surface area contributed by atoms with Crippen molar-refractivity contribution < 1.29 is 54.8 Å². The number of aliphatic carboxylic acids is 1. The lowest BCUT2D eigenvalue weighted by atomic mass is 9.79. The molecule has 0 bridgehead atoms. The standard InChI is InChI=1S/C16H22O11/c17-3-8-10(19)11(20)12(21)15(26-8)27-14-9-6(1-2-16(9,24)5-18)7(4-25-14)13(22)23/h1-2,4,6,8-12,14-15,17-21,24H,3,5H2,(H,22,23)/t6-,8-,9-,10-,11-,12-,14+,15-,16+/m1/s1. The van der Waals surface area contributed by atoms with Gasteiger partial charge in [-0.25, -0.2) is 4.79 Å². The van der Waals surface area contributed by atoms with Crippen LogP contribution >= 0.6 is 0 Å². The fourth-order valence-electron chi connectivity index (χ4n) is 3.60. The minimum atomic E-state index is -1.85. The van der Waals surface area contributed by atoms with Crippen LogP contribution in [0.3, 0.4) is 0 Å². The highest BCUT2D eigenvalue weighted by Gasteiger charge is 2.55. The minimum absolute atomic E-state index is 0.158. The molecular weight excluding hydrogens is 368 g/mol. The van der Waals surface area contributed by atoms with E-state index in [1.165, 1.54) is 12.2 Å². The number of carboxylic acid groups (broad SMARTS) is 1. The summed E-state index contributed by atoms with van der Waals surface area (Å²) < 4.78 is 16.0. The lowest BCUT2D eigenvalue weighted by molar-refractivity contribution is -0.346. The first-order valence-corrected chi connectivity index (χ1v) is 8.31. The Kier molecular flexibility index (Phi) is 5.57. The predicted molar refractivity (Wildman–Crippen MR) is 83.6 cm³/mol. The number of hydrogen-bond acceptors (Lipinski definition) is 10. The van der Waals surface area contributed by atoms with Gasteiger partial charge in [-0.15, -0.1) is 0 Å². The van der Waals surface area contributed by atoms with Gasteiger partial charge in [-0.2, -0.15) is 0 Å². The number of carboxylic acids is 1. The molecule has 11 heteroatoms. The van der Waals surface area contributed by atoms with E-state index in [4.69, 9.17) is 14.2 Å². The molecule has 7 N–H and O–H groups in total. The average molecular weight is 390 g/mol. The van der Waals surface area contributed by atoms with E-state index in [1.54, 1.807) is 0 Å². The quantitative estimate of drug-likeness (QED) is 0.233. The van der Waals surface area contributed by atoms with E-state index >= 15 is 0 Å². The molecule has 1 fully saturated rings. The van der Waals surface area contributed by atoms with Crippen molar-refractivity contribution in [2.45, 2.75) is 42.6 Å². The van der Waals surface area contributed by atoms with Crippen molar-refractivity contribution in [3.63, 3.8) is 0 Å². The van der Waals surface area contributed by atoms with Gasteiger partial charge in [0.2, 0.25) is 6.29 Å². The van der Waals surface area contributed by atoms with Crippen LogP contribution in [0.15, 0.2) is 24.0 Å². The van der Waals surface area contributed by atoms with Crippen LogP contribution in [0, 0.1) is 11.8 Å². The van der Waals surface area contributed by atoms with Gasteiger partial charge >= 0.3 is 5.97 Å². The van der Waals surface area contributed by atoms with Crippen molar-refractivity contribution in [3.05, 3.63) is 24.0 Å². The van der Waals surface area contributed by atoms with E-state index in [2.05, 4.69) is 0 Å². The molecule has 3 rings (SSSR count). The van der Waals surface area contributed by atoms with Gasteiger partial charge in [0.05, 0.1) is 31.0 Å². The van der Waals surface area contributed by atoms with E-state index in [1.807, 2.05) is 0 Å². The number of aliphatic hydroxyl groups excluding tert-OH is 5. The first-order valence-electron chi connectivity index (χ1n) is 8.31. The maximum absolute atomic E-state index is 11.4. The number of ether oxygens (including phenoxy) is 3. The van der Waals surface area contributed by atoms with Crippen molar-refractivity contribution >= 4 is 5.97 Å². The largest absolute Gasteiger partial charge is 0.478 e. The van der Waals surface area contributed by atoms with Crippen molar-refractivity contribution in [2.24, 2.45) is 11.8 Å². The van der Waals surface area contributed by atoms with Crippen molar-refractivity contribution in [2.75, 3.05) is 13.2 Å². The monoisotopic (exact) mass is 390 g/mol. The van der Waals surface area contributed by atoms with E-state index < -0.39 is 73.6 Å². The van der Waals surface area contributed by atoms with Gasteiger partial charge in [0.15, 0.2) is 6.29 Å². The Balaban J connectivity index is 1.84. The summed E-state index contributed by atoms with van der Waals surface area (Å²) >= 11 is 0. The average Bonchev–Trinajstić information content (AvgIpc) is 3.01. The number of allylic oxidation sites excluding steroid dienone is 1. The highest BCUT2D eigenvalue weighted by molar-refractivity contribution is 5.87. The molecular formula is C16H22O11. The second-order valence-electron chi connectivity index (χ2n) is 6.78. The summed E-state index contributed by atoms with van der Waals surface area (Å²) in [6.45, 7) is -1.40. The molecule has 152 valence electrons. The number of fused-ring (bicyclic) bond motifs is 1. The van der Waals surface area contributed by atoms with Gasteiger partial charge in [0.25, 0.3) is 0 Å².